The van der Waals surface area contributed by atoms with E-state index in [9.17, 15) is 9.59 Å². The van der Waals surface area contributed by atoms with Crippen LogP contribution in [-0.2, 0) is 9.59 Å². The molecule has 0 bridgehead atoms. The van der Waals surface area contributed by atoms with E-state index in [0.717, 1.165) is 22.3 Å². The Labute approximate surface area is 118 Å². The lowest BCUT2D eigenvalue weighted by Crippen LogP contribution is -2.12. The zero-order valence-corrected chi connectivity index (χ0v) is 12.0. The van der Waals surface area contributed by atoms with Crippen LogP contribution in [0.1, 0.15) is 29.2 Å². The summed E-state index contributed by atoms with van der Waals surface area (Å²) in [6.07, 6.45) is 3.29. The minimum absolute atomic E-state index is 0.212. The average molecular weight is 274 g/mol. The van der Waals surface area contributed by atoms with Crippen molar-refractivity contribution in [2.24, 2.45) is 0 Å². The lowest BCUT2D eigenvalue weighted by atomic mass is 9.98. The summed E-state index contributed by atoms with van der Waals surface area (Å²) < 4.78 is 0. The quantitative estimate of drug-likeness (QED) is 0.383. The van der Waals surface area contributed by atoms with Gasteiger partial charge in [0.05, 0.1) is 0 Å². The number of rotatable bonds is 4. The molecular formula is C16H18O4. The number of aliphatic carboxylic acids is 2. The van der Waals surface area contributed by atoms with Crippen molar-refractivity contribution in [3.05, 3.63) is 51.6 Å². The van der Waals surface area contributed by atoms with Crippen LogP contribution in [-0.4, -0.2) is 22.2 Å². The minimum Gasteiger partial charge on any atom is -0.477 e. The molecule has 0 aliphatic carbocycles. The molecule has 0 aliphatic rings. The van der Waals surface area contributed by atoms with Gasteiger partial charge in [-0.3, -0.25) is 0 Å². The van der Waals surface area contributed by atoms with Crippen LogP contribution in [0.4, 0.5) is 0 Å². The Balaban J connectivity index is 3.25. The molecule has 20 heavy (non-hydrogen) atoms. The van der Waals surface area contributed by atoms with E-state index in [1.54, 1.807) is 6.08 Å². The Bertz CT molecular complexity index is 582. The zero-order valence-electron chi connectivity index (χ0n) is 12.0. The average Bonchev–Trinajstić information content (AvgIpc) is 2.25. The third-order valence-corrected chi connectivity index (χ3v) is 3.06. The van der Waals surface area contributed by atoms with E-state index < -0.39 is 17.5 Å². The predicted molar refractivity (Wildman–Crippen MR) is 77.7 cm³/mol. The fourth-order valence-corrected chi connectivity index (χ4v) is 2.17. The molecule has 0 aromatic heterocycles. The molecule has 0 saturated heterocycles. The summed E-state index contributed by atoms with van der Waals surface area (Å²) in [6, 6.07) is 4.06. The Morgan fingerprint density at radius 1 is 1.00 bits per heavy atom. The van der Waals surface area contributed by atoms with E-state index >= 15 is 0 Å². The molecule has 1 rings (SSSR count). The van der Waals surface area contributed by atoms with Gasteiger partial charge in [-0.1, -0.05) is 29.8 Å². The van der Waals surface area contributed by atoms with E-state index in [0.29, 0.717) is 0 Å². The Hall–Kier alpha value is -2.36. The Morgan fingerprint density at radius 3 is 1.85 bits per heavy atom. The van der Waals surface area contributed by atoms with Crippen molar-refractivity contribution in [2.75, 3.05) is 0 Å². The summed E-state index contributed by atoms with van der Waals surface area (Å²) in [5.74, 6) is -2.87. The standard InChI is InChI=1S/C16H18O4/c1-9-7-11(3)13(12(4)8-9)6-5-10(2)14(15(17)18)16(19)20/h5-8H,1-4H3,(H,17,18)(H,19,20)/b6-5+. The van der Waals surface area contributed by atoms with Gasteiger partial charge >= 0.3 is 11.9 Å². The van der Waals surface area contributed by atoms with Crippen molar-refractivity contribution in [1.29, 1.82) is 0 Å². The minimum atomic E-state index is -1.43. The molecule has 0 aliphatic heterocycles. The molecule has 2 N–H and O–H groups in total. The molecule has 0 atom stereocenters. The second kappa shape index (κ2) is 6.19. The first-order chi connectivity index (χ1) is 9.23. The van der Waals surface area contributed by atoms with Crippen molar-refractivity contribution in [1.82, 2.24) is 0 Å². The fraction of sp³-hybridized carbons (Fsp3) is 0.250. The molecule has 1 aromatic carbocycles. The number of allylic oxidation sites excluding steroid dienone is 2. The number of carbonyl (C=O) groups is 2. The first kappa shape index (κ1) is 15.7. The van der Waals surface area contributed by atoms with Crippen molar-refractivity contribution in [3.63, 3.8) is 0 Å². The highest BCUT2D eigenvalue weighted by Gasteiger charge is 2.18. The number of aryl methyl sites for hydroxylation is 3. The summed E-state index contributed by atoms with van der Waals surface area (Å²) in [6.45, 7) is 7.42. The molecule has 0 spiro atoms. The summed E-state index contributed by atoms with van der Waals surface area (Å²) >= 11 is 0. The van der Waals surface area contributed by atoms with Gasteiger partial charge in [0.2, 0.25) is 0 Å². The number of hydrogen-bond acceptors (Lipinski definition) is 2. The van der Waals surface area contributed by atoms with Gasteiger partial charge in [-0.2, -0.15) is 0 Å². The summed E-state index contributed by atoms with van der Waals surface area (Å²) in [5, 5.41) is 17.8. The van der Waals surface area contributed by atoms with Crippen LogP contribution in [0.15, 0.2) is 29.4 Å². The first-order valence-corrected chi connectivity index (χ1v) is 6.17. The molecule has 1 aromatic rings. The summed E-state index contributed by atoms with van der Waals surface area (Å²) in [4.78, 5) is 21.8. The Kier molecular flexibility index (Phi) is 4.86. The van der Waals surface area contributed by atoms with E-state index in [1.807, 2.05) is 32.9 Å². The highest BCUT2D eigenvalue weighted by Crippen LogP contribution is 2.19. The second-order valence-corrected chi connectivity index (χ2v) is 4.81. The smallest absolute Gasteiger partial charge is 0.343 e. The molecular weight excluding hydrogens is 256 g/mol. The van der Waals surface area contributed by atoms with Crippen LogP contribution in [0.5, 0.6) is 0 Å². The van der Waals surface area contributed by atoms with Crippen molar-refractivity contribution >= 4 is 18.0 Å². The fourth-order valence-electron chi connectivity index (χ4n) is 2.17. The van der Waals surface area contributed by atoms with Crippen LogP contribution < -0.4 is 0 Å². The molecule has 106 valence electrons. The van der Waals surface area contributed by atoms with Crippen LogP contribution in [0.3, 0.4) is 0 Å². The maximum absolute atomic E-state index is 10.9. The third-order valence-electron chi connectivity index (χ3n) is 3.06. The van der Waals surface area contributed by atoms with Gasteiger partial charge in [0, 0.05) is 0 Å². The summed E-state index contributed by atoms with van der Waals surface area (Å²) in [5.41, 5.74) is 3.87. The molecule has 4 nitrogen and oxygen atoms in total. The highest BCUT2D eigenvalue weighted by atomic mass is 16.4. The third kappa shape index (κ3) is 3.57. The highest BCUT2D eigenvalue weighted by molar-refractivity contribution is 6.13. The van der Waals surface area contributed by atoms with Gasteiger partial charge in [0.25, 0.3) is 0 Å². The van der Waals surface area contributed by atoms with E-state index in [-0.39, 0.29) is 5.57 Å². The van der Waals surface area contributed by atoms with Crippen LogP contribution in [0.2, 0.25) is 0 Å². The largest absolute Gasteiger partial charge is 0.477 e. The number of carboxylic acid groups (broad SMARTS) is 2. The molecule has 0 saturated carbocycles. The first-order valence-electron chi connectivity index (χ1n) is 6.17. The topological polar surface area (TPSA) is 74.6 Å². The van der Waals surface area contributed by atoms with Crippen molar-refractivity contribution in [2.45, 2.75) is 27.7 Å². The van der Waals surface area contributed by atoms with Crippen molar-refractivity contribution < 1.29 is 19.8 Å². The van der Waals surface area contributed by atoms with E-state index in [2.05, 4.69) is 0 Å². The van der Waals surface area contributed by atoms with Gasteiger partial charge in [-0.25, -0.2) is 9.59 Å². The van der Waals surface area contributed by atoms with Gasteiger partial charge in [-0.15, -0.1) is 0 Å². The predicted octanol–water partition coefficient (Wildman–Crippen LogP) is 3.11. The van der Waals surface area contributed by atoms with Crippen LogP contribution >= 0.6 is 0 Å². The van der Waals surface area contributed by atoms with Gasteiger partial charge in [0.15, 0.2) is 0 Å². The molecule has 0 fully saturated rings. The van der Waals surface area contributed by atoms with Gasteiger partial charge in [-0.05, 0) is 50.0 Å². The lowest BCUT2D eigenvalue weighted by molar-refractivity contribution is -0.140. The monoisotopic (exact) mass is 274 g/mol. The summed E-state index contributed by atoms with van der Waals surface area (Å²) in [7, 11) is 0. The van der Waals surface area contributed by atoms with Gasteiger partial charge < -0.3 is 10.2 Å². The van der Waals surface area contributed by atoms with Gasteiger partial charge in [0.1, 0.15) is 5.57 Å². The lowest BCUT2D eigenvalue weighted by Gasteiger charge is -2.07. The maximum atomic E-state index is 10.9. The SMILES string of the molecule is CC(/C=C/c1c(C)cc(C)cc1C)=C(C(=O)O)C(=O)O. The normalized spacial score (nSPS) is 10.6. The molecule has 0 amide bonds. The molecule has 0 radical (unpaired) electrons. The Morgan fingerprint density at radius 2 is 1.45 bits per heavy atom. The molecule has 0 heterocycles. The van der Waals surface area contributed by atoms with Crippen LogP contribution in [0, 0.1) is 20.8 Å². The molecule has 4 heteroatoms. The van der Waals surface area contributed by atoms with Crippen LogP contribution in [0.25, 0.3) is 6.08 Å². The number of benzene rings is 1. The maximum Gasteiger partial charge on any atom is 0.343 e. The van der Waals surface area contributed by atoms with E-state index in [1.165, 1.54) is 13.0 Å². The number of carboxylic acids is 2. The second-order valence-electron chi connectivity index (χ2n) is 4.81. The number of hydrogen-bond donors (Lipinski definition) is 2. The van der Waals surface area contributed by atoms with Crippen molar-refractivity contribution in [3.8, 4) is 0 Å². The molecule has 0 unspecified atom stereocenters. The zero-order chi connectivity index (χ0) is 15.4. The van der Waals surface area contributed by atoms with E-state index in [4.69, 9.17) is 10.2 Å².